The van der Waals surface area contributed by atoms with Gasteiger partial charge in [0.15, 0.2) is 15.8 Å². The summed E-state index contributed by atoms with van der Waals surface area (Å²) in [4.78, 5) is 7.33. The van der Waals surface area contributed by atoms with Crippen LogP contribution in [0.3, 0.4) is 0 Å². The van der Waals surface area contributed by atoms with Crippen molar-refractivity contribution in [2.75, 3.05) is 31.1 Å². The van der Waals surface area contributed by atoms with E-state index in [0.717, 1.165) is 31.9 Å². The predicted octanol–water partition coefficient (Wildman–Crippen LogP) is 2.82. The Morgan fingerprint density at radius 1 is 1.28 bits per heavy atom. The van der Waals surface area contributed by atoms with Gasteiger partial charge in [-0.05, 0) is 50.4 Å². The summed E-state index contributed by atoms with van der Waals surface area (Å²) >= 11 is 0. The molecule has 1 spiro atoms. The van der Waals surface area contributed by atoms with Gasteiger partial charge < -0.3 is 10.2 Å². The third-order valence-electron chi connectivity index (χ3n) is 6.47. The van der Waals surface area contributed by atoms with Crippen molar-refractivity contribution in [2.45, 2.75) is 71.3 Å². The third kappa shape index (κ3) is 4.89. The van der Waals surface area contributed by atoms with Gasteiger partial charge in [-0.25, -0.2) is 8.42 Å². The minimum atomic E-state index is -2.82. The lowest BCUT2D eigenvalue weighted by Gasteiger charge is -2.34. The molecular formula is C19H35N3O2S. The summed E-state index contributed by atoms with van der Waals surface area (Å²) in [5.74, 6) is 1.87. The molecule has 0 bridgehead atoms. The van der Waals surface area contributed by atoms with E-state index in [4.69, 9.17) is 4.99 Å². The van der Waals surface area contributed by atoms with E-state index < -0.39 is 9.84 Å². The Hall–Kier alpha value is -0.780. The first-order valence-electron chi connectivity index (χ1n) is 10.2. The fraction of sp³-hybridized carbons (Fsp3) is 0.947. The Morgan fingerprint density at radius 3 is 2.68 bits per heavy atom. The first-order chi connectivity index (χ1) is 11.9. The summed E-state index contributed by atoms with van der Waals surface area (Å²) in [5.41, 5.74) is 0.507. The molecule has 1 aliphatic carbocycles. The van der Waals surface area contributed by atoms with Crippen LogP contribution in [-0.4, -0.2) is 56.5 Å². The van der Waals surface area contributed by atoms with Crippen molar-refractivity contribution in [2.24, 2.45) is 16.3 Å². The standard InChI is InChI=1S/C19H35N3O2S/c1-3-16(2)21-18(20-13-17-7-12-25(23,24)14-17)22-11-10-19(15-22)8-5-4-6-9-19/h16-17H,3-15H2,1-2H3,(H,20,21). The molecule has 6 heteroatoms. The maximum atomic E-state index is 11.7. The molecule has 0 aromatic heterocycles. The van der Waals surface area contributed by atoms with Crippen LogP contribution in [0.15, 0.2) is 4.99 Å². The SMILES string of the molecule is CCC(C)NC(=NCC1CCS(=O)(=O)C1)N1CCC2(CCCCC2)C1. The summed E-state index contributed by atoms with van der Waals surface area (Å²) in [6, 6.07) is 0.397. The summed E-state index contributed by atoms with van der Waals surface area (Å²) in [5, 5.41) is 3.60. The molecular weight excluding hydrogens is 334 g/mol. The zero-order chi connectivity index (χ0) is 17.9. The molecule has 2 unspecified atom stereocenters. The highest BCUT2D eigenvalue weighted by atomic mass is 32.2. The molecule has 0 amide bonds. The van der Waals surface area contributed by atoms with Crippen LogP contribution in [-0.2, 0) is 9.84 Å². The largest absolute Gasteiger partial charge is 0.354 e. The van der Waals surface area contributed by atoms with Crippen molar-refractivity contribution in [3.63, 3.8) is 0 Å². The van der Waals surface area contributed by atoms with E-state index >= 15 is 0 Å². The number of hydrogen-bond donors (Lipinski definition) is 1. The molecule has 3 fully saturated rings. The maximum absolute atomic E-state index is 11.7. The molecule has 2 saturated heterocycles. The van der Waals surface area contributed by atoms with Gasteiger partial charge in [-0.2, -0.15) is 0 Å². The highest BCUT2D eigenvalue weighted by Gasteiger charge is 2.40. The van der Waals surface area contributed by atoms with Crippen LogP contribution < -0.4 is 5.32 Å². The number of likely N-dealkylation sites (tertiary alicyclic amines) is 1. The van der Waals surface area contributed by atoms with Crippen molar-refractivity contribution in [3.8, 4) is 0 Å². The third-order valence-corrected chi connectivity index (χ3v) is 8.30. The molecule has 25 heavy (non-hydrogen) atoms. The first-order valence-corrected chi connectivity index (χ1v) is 12.0. The Balaban J connectivity index is 1.66. The summed E-state index contributed by atoms with van der Waals surface area (Å²) in [6.45, 7) is 7.23. The quantitative estimate of drug-likeness (QED) is 0.611. The molecule has 1 saturated carbocycles. The monoisotopic (exact) mass is 369 g/mol. The number of nitrogens with zero attached hydrogens (tertiary/aromatic N) is 2. The lowest BCUT2D eigenvalue weighted by molar-refractivity contribution is 0.203. The number of hydrogen-bond acceptors (Lipinski definition) is 3. The van der Waals surface area contributed by atoms with Gasteiger partial charge in [0.1, 0.15) is 0 Å². The van der Waals surface area contributed by atoms with E-state index in [1.54, 1.807) is 0 Å². The van der Waals surface area contributed by atoms with Crippen LogP contribution in [0.4, 0.5) is 0 Å². The second kappa shape index (κ2) is 7.85. The van der Waals surface area contributed by atoms with Crippen molar-refractivity contribution < 1.29 is 8.42 Å². The van der Waals surface area contributed by atoms with Crippen molar-refractivity contribution in [1.29, 1.82) is 0 Å². The topological polar surface area (TPSA) is 61.8 Å². The minimum Gasteiger partial charge on any atom is -0.354 e. The predicted molar refractivity (Wildman–Crippen MR) is 104 cm³/mol. The summed E-state index contributed by atoms with van der Waals surface area (Å²) in [7, 11) is -2.82. The number of rotatable bonds is 4. The maximum Gasteiger partial charge on any atom is 0.194 e. The van der Waals surface area contributed by atoms with Crippen LogP contribution in [0.1, 0.15) is 65.2 Å². The number of sulfone groups is 1. The molecule has 2 atom stereocenters. The molecule has 3 aliphatic rings. The zero-order valence-electron chi connectivity index (χ0n) is 16.0. The van der Waals surface area contributed by atoms with Crippen molar-refractivity contribution in [1.82, 2.24) is 10.2 Å². The van der Waals surface area contributed by atoms with E-state index in [-0.39, 0.29) is 5.92 Å². The Labute approximate surface area is 153 Å². The van der Waals surface area contributed by atoms with Crippen molar-refractivity contribution in [3.05, 3.63) is 0 Å². The molecule has 144 valence electrons. The Bertz CT molecular complexity index is 581. The Morgan fingerprint density at radius 2 is 2.04 bits per heavy atom. The highest BCUT2D eigenvalue weighted by Crippen LogP contribution is 2.43. The molecule has 0 aromatic rings. The Kier molecular flexibility index (Phi) is 5.96. The van der Waals surface area contributed by atoms with Crippen molar-refractivity contribution >= 4 is 15.8 Å². The fourth-order valence-corrected chi connectivity index (χ4v) is 6.47. The fourth-order valence-electron chi connectivity index (χ4n) is 4.62. The van der Waals surface area contributed by atoms with Gasteiger partial charge in [0, 0.05) is 25.7 Å². The van der Waals surface area contributed by atoms with Gasteiger partial charge in [0.25, 0.3) is 0 Å². The van der Waals surface area contributed by atoms with Gasteiger partial charge in [-0.1, -0.05) is 26.2 Å². The van der Waals surface area contributed by atoms with Gasteiger partial charge in [0.05, 0.1) is 11.5 Å². The van der Waals surface area contributed by atoms with Gasteiger partial charge >= 0.3 is 0 Å². The number of guanidine groups is 1. The van der Waals surface area contributed by atoms with Crippen LogP contribution in [0.5, 0.6) is 0 Å². The molecule has 5 nitrogen and oxygen atoms in total. The summed E-state index contributed by atoms with van der Waals surface area (Å²) in [6.07, 6.45) is 9.98. The minimum absolute atomic E-state index is 0.199. The molecule has 2 aliphatic heterocycles. The molecule has 0 aromatic carbocycles. The van der Waals surface area contributed by atoms with Gasteiger partial charge in [-0.15, -0.1) is 0 Å². The van der Waals surface area contributed by atoms with Crippen LogP contribution in [0.2, 0.25) is 0 Å². The van der Waals surface area contributed by atoms with E-state index in [1.165, 1.54) is 38.5 Å². The average molecular weight is 370 g/mol. The van der Waals surface area contributed by atoms with Gasteiger partial charge in [-0.3, -0.25) is 4.99 Å². The van der Waals surface area contributed by atoms with Gasteiger partial charge in [0.2, 0.25) is 0 Å². The molecule has 3 rings (SSSR count). The lowest BCUT2D eigenvalue weighted by atomic mass is 9.73. The highest BCUT2D eigenvalue weighted by molar-refractivity contribution is 7.91. The molecule has 0 radical (unpaired) electrons. The molecule has 2 heterocycles. The second-order valence-electron chi connectivity index (χ2n) is 8.62. The van der Waals surface area contributed by atoms with E-state index in [0.29, 0.717) is 29.5 Å². The smallest absolute Gasteiger partial charge is 0.194 e. The van der Waals surface area contributed by atoms with Crippen LogP contribution >= 0.6 is 0 Å². The first kappa shape index (κ1) is 19.0. The average Bonchev–Trinajstić information content (AvgIpc) is 3.15. The normalized spacial score (nSPS) is 29.9. The van der Waals surface area contributed by atoms with Crippen LogP contribution in [0.25, 0.3) is 0 Å². The number of aliphatic imine (C=N–C) groups is 1. The van der Waals surface area contributed by atoms with E-state index in [9.17, 15) is 8.42 Å². The second-order valence-corrected chi connectivity index (χ2v) is 10.8. The lowest BCUT2D eigenvalue weighted by Crippen LogP contribution is -2.45. The van der Waals surface area contributed by atoms with Crippen LogP contribution in [0, 0.1) is 11.3 Å². The molecule has 1 N–H and O–H groups in total. The summed E-state index contributed by atoms with van der Waals surface area (Å²) < 4.78 is 23.4. The number of nitrogens with one attached hydrogen (secondary N) is 1. The van der Waals surface area contributed by atoms with E-state index in [1.807, 2.05) is 0 Å². The van der Waals surface area contributed by atoms with E-state index in [2.05, 4.69) is 24.1 Å². The zero-order valence-corrected chi connectivity index (χ0v) is 16.8.